The summed E-state index contributed by atoms with van der Waals surface area (Å²) in [5.74, 6) is 0.564. The molecule has 1 rings (SSSR count). The van der Waals surface area contributed by atoms with Crippen molar-refractivity contribution in [2.45, 2.75) is 26.4 Å². The fourth-order valence-electron chi connectivity index (χ4n) is 1.63. The number of hydrogen-bond acceptors (Lipinski definition) is 3. The lowest BCUT2D eigenvalue weighted by atomic mass is 10.1. The molecule has 0 spiro atoms. The second kappa shape index (κ2) is 5.32. The first kappa shape index (κ1) is 11.5. The Hall–Kier alpha value is -0.610. The molecule has 0 aromatic rings. The average molecular weight is 200 g/mol. The zero-order valence-corrected chi connectivity index (χ0v) is 9.03. The first-order valence-electron chi connectivity index (χ1n) is 5.23. The van der Waals surface area contributed by atoms with Gasteiger partial charge >= 0.3 is 0 Å². The van der Waals surface area contributed by atoms with Gasteiger partial charge in [0.15, 0.2) is 0 Å². The standard InChI is InChI=1S/C10H20N2O2/c1-8(2)14-4-3-12-7-9(6-11)5-10(12)13/h8-9H,3-7,11H2,1-2H3. The van der Waals surface area contributed by atoms with Crippen molar-refractivity contribution in [1.82, 2.24) is 4.90 Å². The Morgan fingerprint density at radius 1 is 1.64 bits per heavy atom. The van der Waals surface area contributed by atoms with Gasteiger partial charge in [-0.3, -0.25) is 4.79 Å². The predicted octanol–water partition coefficient (Wildman–Crippen LogP) is 0.219. The third kappa shape index (κ3) is 3.27. The van der Waals surface area contributed by atoms with E-state index < -0.39 is 0 Å². The molecule has 1 unspecified atom stereocenters. The van der Waals surface area contributed by atoms with Gasteiger partial charge in [-0.2, -0.15) is 0 Å². The monoisotopic (exact) mass is 200 g/mol. The van der Waals surface area contributed by atoms with Crippen LogP contribution >= 0.6 is 0 Å². The number of amides is 1. The number of nitrogens with two attached hydrogens (primary N) is 1. The van der Waals surface area contributed by atoms with E-state index in [2.05, 4.69) is 0 Å². The van der Waals surface area contributed by atoms with Crippen molar-refractivity contribution < 1.29 is 9.53 Å². The van der Waals surface area contributed by atoms with E-state index >= 15 is 0 Å². The molecule has 4 nitrogen and oxygen atoms in total. The summed E-state index contributed by atoms with van der Waals surface area (Å²) >= 11 is 0. The molecule has 1 saturated heterocycles. The number of rotatable bonds is 5. The summed E-state index contributed by atoms with van der Waals surface area (Å²) in [6.07, 6.45) is 0.844. The molecule has 1 aliphatic rings. The van der Waals surface area contributed by atoms with E-state index in [9.17, 15) is 4.79 Å². The molecule has 2 N–H and O–H groups in total. The second-order valence-corrected chi connectivity index (χ2v) is 4.07. The van der Waals surface area contributed by atoms with Crippen molar-refractivity contribution in [1.29, 1.82) is 0 Å². The van der Waals surface area contributed by atoms with Crippen LogP contribution in [0.2, 0.25) is 0 Å². The van der Waals surface area contributed by atoms with Crippen LogP contribution in [0.5, 0.6) is 0 Å². The summed E-state index contributed by atoms with van der Waals surface area (Å²) in [4.78, 5) is 13.3. The highest BCUT2D eigenvalue weighted by molar-refractivity contribution is 5.78. The third-order valence-corrected chi connectivity index (χ3v) is 2.44. The summed E-state index contributed by atoms with van der Waals surface area (Å²) in [5, 5.41) is 0. The maximum Gasteiger partial charge on any atom is 0.223 e. The molecule has 14 heavy (non-hydrogen) atoms. The normalized spacial score (nSPS) is 22.4. The predicted molar refractivity (Wildman–Crippen MR) is 54.8 cm³/mol. The lowest BCUT2D eigenvalue weighted by Crippen LogP contribution is -2.30. The van der Waals surface area contributed by atoms with E-state index in [0.29, 0.717) is 32.0 Å². The lowest BCUT2D eigenvalue weighted by Gasteiger charge is -2.17. The number of carbonyl (C=O) groups excluding carboxylic acids is 1. The van der Waals surface area contributed by atoms with E-state index in [1.807, 2.05) is 18.7 Å². The van der Waals surface area contributed by atoms with Gasteiger partial charge in [-0.05, 0) is 26.3 Å². The minimum atomic E-state index is 0.216. The molecule has 1 aliphatic heterocycles. The first-order chi connectivity index (χ1) is 6.63. The summed E-state index contributed by atoms with van der Waals surface area (Å²) in [7, 11) is 0. The first-order valence-corrected chi connectivity index (χ1v) is 5.23. The van der Waals surface area contributed by atoms with Crippen molar-refractivity contribution in [2.24, 2.45) is 11.7 Å². The largest absolute Gasteiger partial charge is 0.377 e. The molecule has 0 radical (unpaired) electrons. The Morgan fingerprint density at radius 3 is 2.86 bits per heavy atom. The van der Waals surface area contributed by atoms with E-state index in [4.69, 9.17) is 10.5 Å². The van der Waals surface area contributed by atoms with Crippen LogP contribution in [0.1, 0.15) is 20.3 Å². The van der Waals surface area contributed by atoms with Crippen LogP contribution in [-0.2, 0) is 9.53 Å². The maximum absolute atomic E-state index is 11.4. The van der Waals surface area contributed by atoms with Crippen molar-refractivity contribution in [3.8, 4) is 0 Å². The van der Waals surface area contributed by atoms with Gasteiger partial charge in [-0.25, -0.2) is 0 Å². The summed E-state index contributed by atoms with van der Waals surface area (Å²) in [5.41, 5.74) is 5.52. The number of ether oxygens (including phenoxy) is 1. The van der Waals surface area contributed by atoms with E-state index in [0.717, 1.165) is 6.54 Å². The molecule has 0 aromatic carbocycles. The third-order valence-electron chi connectivity index (χ3n) is 2.44. The molecule has 4 heteroatoms. The van der Waals surface area contributed by atoms with Crippen LogP contribution in [0.3, 0.4) is 0 Å². The Morgan fingerprint density at radius 2 is 2.36 bits per heavy atom. The summed E-state index contributed by atoms with van der Waals surface area (Å²) in [6.45, 7) is 6.72. The van der Waals surface area contributed by atoms with E-state index in [1.165, 1.54) is 0 Å². The Bertz CT molecular complexity index is 195. The molecule has 1 atom stereocenters. The van der Waals surface area contributed by atoms with Crippen LogP contribution in [-0.4, -0.2) is 43.2 Å². The number of carbonyl (C=O) groups is 1. The van der Waals surface area contributed by atoms with Gasteiger partial charge in [0.25, 0.3) is 0 Å². The zero-order valence-electron chi connectivity index (χ0n) is 9.03. The van der Waals surface area contributed by atoms with Gasteiger partial charge in [0.2, 0.25) is 5.91 Å². The number of nitrogens with zero attached hydrogens (tertiary/aromatic N) is 1. The van der Waals surface area contributed by atoms with E-state index in [-0.39, 0.29) is 12.0 Å². The van der Waals surface area contributed by atoms with Crippen LogP contribution < -0.4 is 5.73 Å². The average Bonchev–Trinajstić information content (AvgIpc) is 2.47. The Kier molecular flexibility index (Phi) is 4.35. The van der Waals surface area contributed by atoms with Crippen LogP contribution in [0.4, 0.5) is 0 Å². The molecule has 0 aromatic heterocycles. The highest BCUT2D eigenvalue weighted by Crippen LogP contribution is 2.15. The Balaban J connectivity index is 2.21. The number of hydrogen-bond donors (Lipinski definition) is 1. The molecular formula is C10H20N2O2. The van der Waals surface area contributed by atoms with Crippen LogP contribution in [0.15, 0.2) is 0 Å². The smallest absolute Gasteiger partial charge is 0.223 e. The van der Waals surface area contributed by atoms with Gasteiger partial charge in [-0.15, -0.1) is 0 Å². The molecule has 82 valence electrons. The minimum Gasteiger partial charge on any atom is -0.377 e. The molecule has 1 amide bonds. The van der Waals surface area contributed by atoms with Gasteiger partial charge < -0.3 is 15.4 Å². The molecule has 0 bridgehead atoms. The van der Waals surface area contributed by atoms with Crippen molar-refractivity contribution in [3.63, 3.8) is 0 Å². The zero-order chi connectivity index (χ0) is 10.6. The topological polar surface area (TPSA) is 55.6 Å². The fraction of sp³-hybridized carbons (Fsp3) is 0.900. The molecular weight excluding hydrogens is 180 g/mol. The fourth-order valence-corrected chi connectivity index (χ4v) is 1.63. The highest BCUT2D eigenvalue weighted by atomic mass is 16.5. The Labute approximate surface area is 85.4 Å². The molecule has 1 fully saturated rings. The van der Waals surface area contributed by atoms with Crippen molar-refractivity contribution >= 4 is 5.91 Å². The summed E-state index contributed by atoms with van der Waals surface area (Å²) < 4.78 is 5.40. The van der Waals surface area contributed by atoms with Gasteiger partial charge in [-0.1, -0.05) is 0 Å². The summed E-state index contributed by atoms with van der Waals surface area (Å²) in [6, 6.07) is 0. The SMILES string of the molecule is CC(C)OCCN1CC(CN)CC1=O. The number of likely N-dealkylation sites (tertiary alicyclic amines) is 1. The van der Waals surface area contributed by atoms with Crippen LogP contribution in [0, 0.1) is 5.92 Å². The molecule has 1 heterocycles. The molecule has 0 aliphatic carbocycles. The van der Waals surface area contributed by atoms with Crippen molar-refractivity contribution in [3.05, 3.63) is 0 Å². The molecule has 0 saturated carbocycles. The lowest BCUT2D eigenvalue weighted by molar-refractivity contribution is -0.128. The second-order valence-electron chi connectivity index (χ2n) is 4.07. The minimum absolute atomic E-state index is 0.216. The van der Waals surface area contributed by atoms with Gasteiger partial charge in [0, 0.05) is 19.5 Å². The highest BCUT2D eigenvalue weighted by Gasteiger charge is 2.27. The van der Waals surface area contributed by atoms with Gasteiger partial charge in [0.05, 0.1) is 12.7 Å². The maximum atomic E-state index is 11.4. The van der Waals surface area contributed by atoms with Gasteiger partial charge in [0.1, 0.15) is 0 Å². The quantitative estimate of drug-likeness (QED) is 0.690. The van der Waals surface area contributed by atoms with Crippen LogP contribution in [0.25, 0.3) is 0 Å². The van der Waals surface area contributed by atoms with E-state index in [1.54, 1.807) is 0 Å². The van der Waals surface area contributed by atoms with Crippen molar-refractivity contribution in [2.75, 3.05) is 26.2 Å².